The van der Waals surface area contributed by atoms with Crippen molar-refractivity contribution >= 4 is 0 Å². The van der Waals surface area contributed by atoms with E-state index in [2.05, 4.69) is 0 Å². The lowest BCUT2D eigenvalue weighted by Gasteiger charge is -2.11. The first kappa shape index (κ1) is 22.7. The van der Waals surface area contributed by atoms with Gasteiger partial charge in [-0.25, -0.2) is 13.2 Å². The van der Waals surface area contributed by atoms with Gasteiger partial charge in [-0.2, -0.15) is 0 Å². The van der Waals surface area contributed by atoms with Gasteiger partial charge in [-0.1, -0.05) is 72.3 Å². The molecule has 0 spiro atoms. The van der Waals surface area contributed by atoms with E-state index in [-0.39, 0.29) is 16.9 Å². The van der Waals surface area contributed by atoms with Crippen LogP contribution in [0, 0.1) is 24.4 Å². The van der Waals surface area contributed by atoms with Gasteiger partial charge in [0.25, 0.3) is 0 Å². The van der Waals surface area contributed by atoms with Crippen LogP contribution >= 0.6 is 0 Å². The molecule has 0 aliphatic heterocycles. The van der Waals surface area contributed by atoms with Crippen molar-refractivity contribution in [3.63, 3.8) is 0 Å². The molecule has 0 saturated heterocycles. The Morgan fingerprint density at radius 3 is 1.79 bits per heavy atom. The van der Waals surface area contributed by atoms with E-state index in [4.69, 9.17) is 4.74 Å². The summed E-state index contributed by atoms with van der Waals surface area (Å²) in [5.41, 5.74) is 4.35. The van der Waals surface area contributed by atoms with Crippen LogP contribution in [0.5, 0.6) is 5.75 Å². The van der Waals surface area contributed by atoms with Crippen LogP contribution in [0.3, 0.4) is 0 Å². The smallest absolute Gasteiger partial charge is 0.167 e. The average Bonchev–Trinajstić information content (AvgIpc) is 2.82. The van der Waals surface area contributed by atoms with Crippen molar-refractivity contribution < 1.29 is 17.9 Å². The number of benzene rings is 4. The van der Waals surface area contributed by atoms with E-state index in [1.807, 2.05) is 38.1 Å². The first-order valence-electron chi connectivity index (χ1n) is 11.0. The van der Waals surface area contributed by atoms with E-state index < -0.39 is 11.6 Å². The number of aryl methyl sites for hydroxylation is 3. The van der Waals surface area contributed by atoms with Crippen LogP contribution in [0.25, 0.3) is 22.3 Å². The SMILES string of the molecule is CCOc1ccc(CCc2ccc(-c3ccc(-c4ccc(C)cc4)c(F)c3F)cc2)c(F)c1. The minimum atomic E-state index is -0.864. The van der Waals surface area contributed by atoms with Crippen molar-refractivity contribution in [2.45, 2.75) is 26.7 Å². The monoisotopic (exact) mass is 446 g/mol. The van der Waals surface area contributed by atoms with Gasteiger partial charge >= 0.3 is 0 Å². The summed E-state index contributed by atoms with van der Waals surface area (Å²) >= 11 is 0. The zero-order valence-corrected chi connectivity index (χ0v) is 18.7. The highest BCUT2D eigenvalue weighted by Crippen LogP contribution is 2.32. The summed E-state index contributed by atoms with van der Waals surface area (Å²) in [5, 5.41) is 0. The molecule has 1 nitrogen and oxygen atoms in total. The van der Waals surface area contributed by atoms with Crippen molar-refractivity contribution in [3.05, 3.63) is 113 Å². The Balaban J connectivity index is 1.49. The first-order valence-corrected chi connectivity index (χ1v) is 11.0. The van der Waals surface area contributed by atoms with Crippen molar-refractivity contribution in [1.29, 1.82) is 0 Å². The zero-order chi connectivity index (χ0) is 23.4. The van der Waals surface area contributed by atoms with Gasteiger partial charge in [0.2, 0.25) is 0 Å². The largest absolute Gasteiger partial charge is 0.494 e. The third-order valence-electron chi connectivity index (χ3n) is 5.73. The maximum atomic E-state index is 14.9. The molecule has 4 heteroatoms. The first-order chi connectivity index (χ1) is 16.0. The number of ether oxygens (including phenoxy) is 1. The molecule has 0 aliphatic rings. The summed E-state index contributed by atoms with van der Waals surface area (Å²) in [5.74, 6) is -1.49. The van der Waals surface area contributed by atoms with Crippen LogP contribution in [-0.4, -0.2) is 6.61 Å². The molecular formula is C29H25F3O. The van der Waals surface area contributed by atoms with Crippen LogP contribution in [0.2, 0.25) is 0 Å². The number of halogens is 3. The van der Waals surface area contributed by atoms with Crippen LogP contribution in [0.1, 0.15) is 23.6 Å². The van der Waals surface area contributed by atoms with Crippen LogP contribution in [0.15, 0.2) is 78.9 Å². The van der Waals surface area contributed by atoms with E-state index in [0.717, 1.165) is 11.1 Å². The molecule has 4 rings (SSSR count). The van der Waals surface area contributed by atoms with Gasteiger partial charge in [0.05, 0.1) is 6.61 Å². The highest BCUT2D eigenvalue weighted by molar-refractivity contribution is 5.72. The number of hydrogen-bond donors (Lipinski definition) is 0. The number of hydrogen-bond acceptors (Lipinski definition) is 1. The van der Waals surface area contributed by atoms with Crippen molar-refractivity contribution in [1.82, 2.24) is 0 Å². The van der Waals surface area contributed by atoms with Gasteiger partial charge in [0.15, 0.2) is 11.6 Å². The molecule has 0 heterocycles. The molecule has 0 unspecified atom stereocenters. The Bertz CT molecular complexity index is 1250. The minimum absolute atomic E-state index is 0.215. The van der Waals surface area contributed by atoms with Gasteiger partial charge in [-0.3, -0.25) is 0 Å². The summed E-state index contributed by atoms with van der Waals surface area (Å²) in [6, 6.07) is 22.7. The lowest BCUT2D eigenvalue weighted by atomic mass is 9.97. The zero-order valence-electron chi connectivity index (χ0n) is 18.7. The summed E-state index contributed by atoms with van der Waals surface area (Å²) in [7, 11) is 0. The van der Waals surface area contributed by atoms with Gasteiger partial charge in [-0.15, -0.1) is 0 Å². The molecule has 168 valence electrons. The van der Waals surface area contributed by atoms with E-state index in [1.165, 1.54) is 6.07 Å². The lowest BCUT2D eigenvalue weighted by molar-refractivity contribution is 0.338. The summed E-state index contributed by atoms with van der Waals surface area (Å²) < 4.78 is 49.3. The average molecular weight is 447 g/mol. The van der Waals surface area contributed by atoms with Gasteiger partial charge in [0, 0.05) is 17.2 Å². The molecule has 0 radical (unpaired) electrons. The van der Waals surface area contributed by atoms with E-state index >= 15 is 0 Å². The minimum Gasteiger partial charge on any atom is -0.494 e. The highest BCUT2D eigenvalue weighted by atomic mass is 19.2. The summed E-state index contributed by atoms with van der Waals surface area (Å²) in [6.45, 7) is 4.29. The lowest BCUT2D eigenvalue weighted by Crippen LogP contribution is -1.98. The molecule has 4 aromatic carbocycles. The molecule has 0 fully saturated rings. The maximum Gasteiger partial charge on any atom is 0.167 e. The normalized spacial score (nSPS) is 10.9. The molecule has 0 atom stereocenters. The molecule has 33 heavy (non-hydrogen) atoms. The Labute approximate surface area is 192 Å². The van der Waals surface area contributed by atoms with Gasteiger partial charge in [-0.05, 0) is 55.0 Å². The van der Waals surface area contributed by atoms with Crippen molar-refractivity contribution in [3.8, 4) is 28.0 Å². The fraction of sp³-hybridized carbons (Fsp3) is 0.172. The number of rotatable bonds is 7. The predicted molar refractivity (Wildman–Crippen MR) is 127 cm³/mol. The fourth-order valence-corrected chi connectivity index (χ4v) is 3.85. The van der Waals surface area contributed by atoms with Crippen molar-refractivity contribution in [2.75, 3.05) is 6.61 Å². The quantitative estimate of drug-likeness (QED) is 0.280. The predicted octanol–water partition coefficient (Wildman–Crippen LogP) is 7.93. The van der Waals surface area contributed by atoms with Crippen LogP contribution in [0.4, 0.5) is 13.2 Å². The molecule has 0 bridgehead atoms. The van der Waals surface area contributed by atoms with Crippen LogP contribution in [-0.2, 0) is 12.8 Å². The topological polar surface area (TPSA) is 9.23 Å². The Kier molecular flexibility index (Phi) is 6.83. The second-order valence-electron chi connectivity index (χ2n) is 8.04. The third-order valence-corrected chi connectivity index (χ3v) is 5.73. The second kappa shape index (κ2) is 9.95. The standard InChI is InChI=1S/C29H25F3O/c1-3-33-24-15-14-23(27(30)18-24)13-8-20-6-11-22(12-7-20)26-17-16-25(28(31)29(26)32)21-9-4-19(2)5-10-21/h4-7,9-12,14-18H,3,8,13H2,1-2H3. The highest BCUT2D eigenvalue weighted by Gasteiger charge is 2.16. The maximum absolute atomic E-state index is 14.9. The third kappa shape index (κ3) is 5.11. The van der Waals surface area contributed by atoms with Crippen molar-refractivity contribution in [2.24, 2.45) is 0 Å². The molecule has 0 saturated carbocycles. The van der Waals surface area contributed by atoms with Gasteiger partial charge in [0.1, 0.15) is 11.6 Å². The fourth-order valence-electron chi connectivity index (χ4n) is 3.85. The Hall–Kier alpha value is -3.53. The Morgan fingerprint density at radius 1 is 0.667 bits per heavy atom. The van der Waals surface area contributed by atoms with Gasteiger partial charge < -0.3 is 4.74 Å². The molecule has 0 amide bonds. The van der Waals surface area contributed by atoms with E-state index in [9.17, 15) is 13.2 Å². The second-order valence-corrected chi connectivity index (χ2v) is 8.04. The molecule has 0 aromatic heterocycles. The summed E-state index contributed by atoms with van der Waals surface area (Å²) in [6.07, 6.45) is 1.17. The van der Waals surface area contributed by atoms with E-state index in [1.54, 1.807) is 48.5 Å². The molecular weight excluding hydrogens is 421 g/mol. The summed E-state index contributed by atoms with van der Waals surface area (Å²) in [4.78, 5) is 0. The molecule has 4 aromatic rings. The van der Waals surface area contributed by atoms with E-state index in [0.29, 0.717) is 41.9 Å². The Morgan fingerprint density at radius 2 is 1.24 bits per heavy atom. The van der Waals surface area contributed by atoms with Crippen LogP contribution < -0.4 is 4.74 Å². The molecule has 0 aliphatic carbocycles. The molecule has 0 N–H and O–H groups in total.